The third-order valence-electron chi connectivity index (χ3n) is 1.73. The number of ether oxygens (including phenoxy) is 1. The maximum absolute atomic E-state index is 11.2. The molecule has 1 aliphatic rings. The molecule has 70 valence electrons. The van der Waals surface area contributed by atoms with Crippen LogP contribution in [-0.2, 0) is 14.3 Å². The molecule has 0 atom stereocenters. The first-order valence-electron chi connectivity index (χ1n) is 3.85. The van der Waals surface area contributed by atoms with Crippen LogP contribution in [0.4, 0.5) is 0 Å². The third-order valence-corrected chi connectivity index (χ3v) is 1.73. The van der Waals surface area contributed by atoms with E-state index in [2.05, 4.69) is 4.74 Å². The Morgan fingerprint density at radius 3 is 2.54 bits per heavy atom. The minimum atomic E-state index is -0.328. The number of aliphatic hydroxyl groups excluding tert-OH is 1. The van der Waals surface area contributed by atoms with E-state index in [1.165, 1.54) is 13.2 Å². The fourth-order valence-corrected chi connectivity index (χ4v) is 1.06. The van der Waals surface area contributed by atoms with Gasteiger partial charge in [0.05, 0.1) is 7.11 Å². The Balaban J connectivity index is 2.85. The van der Waals surface area contributed by atoms with Crippen LogP contribution >= 0.6 is 0 Å². The van der Waals surface area contributed by atoms with Gasteiger partial charge in [0.1, 0.15) is 0 Å². The Morgan fingerprint density at radius 2 is 2.00 bits per heavy atom. The molecular formula is C9H10O4. The third kappa shape index (κ3) is 2.03. The molecule has 0 aromatic rings. The van der Waals surface area contributed by atoms with Crippen LogP contribution in [0.25, 0.3) is 0 Å². The zero-order chi connectivity index (χ0) is 9.84. The van der Waals surface area contributed by atoms with Crippen LogP contribution in [-0.4, -0.2) is 30.4 Å². The number of hydrogen-bond donors (Lipinski definition) is 1. The van der Waals surface area contributed by atoms with Crippen LogP contribution in [0.2, 0.25) is 0 Å². The van der Waals surface area contributed by atoms with Crippen LogP contribution in [0.1, 0.15) is 6.42 Å². The van der Waals surface area contributed by atoms with Gasteiger partial charge in [0.15, 0.2) is 11.5 Å². The van der Waals surface area contributed by atoms with E-state index in [1.54, 1.807) is 0 Å². The minimum Gasteiger partial charge on any atom is -0.493 e. The molecule has 0 aliphatic heterocycles. The topological polar surface area (TPSA) is 63.6 Å². The van der Waals surface area contributed by atoms with Gasteiger partial charge in [-0.15, -0.1) is 0 Å². The van der Waals surface area contributed by atoms with E-state index >= 15 is 0 Å². The second-order valence-corrected chi connectivity index (χ2v) is 2.58. The largest absolute Gasteiger partial charge is 0.493 e. The number of aliphatic hydroxyl groups is 1. The maximum atomic E-state index is 11.2. The number of rotatable bonds is 3. The first kappa shape index (κ1) is 9.67. The van der Waals surface area contributed by atoms with Crippen LogP contribution < -0.4 is 0 Å². The van der Waals surface area contributed by atoms with Gasteiger partial charge in [-0.05, 0) is 12.5 Å². The molecule has 0 heterocycles. The van der Waals surface area contributed by atoms with E-state index in [4.69, 9.17) is 5.11 Å². The Kier molecular flexibility index (Phi) is 2.97. The molecule has 0 spiro atoms. The Labute approximate surface area is 75.5 Å². The quantitative estimate of drug-likeness (QED) is 0.623. The maximum Gasteiger partial charge on any atom is 0.220 e. The molecule has 4 heteroatoms. The Hall–Kier alpha value is -1.42. The summed E-state index contributed by atoms with van der Waals surface area (Å²) in [6, 6.07) is 0. The van der Waals surface area contributed by atoms with Gasteiger partial charge in [0.2, 0.25) is 5.78 Å². The molecule has 0 fully saturated rings. The minimum absolute atomic E-state index is 0.0479. The predicted octanol–water partition coefficient (Wildman–Crippen LogP) is -0.0227. The molecule has 13 heavy (non-hydrogen) atoms. The molecule has 1 rings (SSSR count). The molecule has 0 radical (unpaired) electrons. The van der Waals surface area contributed by atoms with Gasteiger partial charge in [-0.3, -0.25) is 9.59 Å². The van der Waals surface area contributed by atoms with Gasteiger partial charge in [-0.25, -0.2) is 0 Å². The SMILES string of the molecule is COC1=CC(=O)C(CCO)=CC1=O. The molecular weight excluding hydrogens is 172 g/mol. The van der Waals surface area contributed by atoms with Crippen molar-refractivity contribution in [3.8, 4) is 0 Å². The normalized spacial score (nSPS) is 16.8. The monoisotopic (exact) mass is 182 g/mol. The molecule has 1 aliphatic carbocycles. The van der Waals surface area contributed by atoms with E-state index < -0.39 is 0 Å². The zero-order valence-corrected chi connectivity index (χ0v) is 7.24. The molecule has 0 aromatic carbocycles. The highest BCUT2D eigenvalue weighted by atomic mass is 16.5. The summed E-state index contributed by atoms with van der Waals surface area (Å²) < 4.78 is 4.68. The molecule has 0 aromatic heterocycles. The van der Waals surface area contributed by atoms with Crippen molar-refractivity contribution in [3.05, 3.63) is 23.5 Å². The number of hydrogen-bond acceptors (Lipinski definition) is 4. The molecule has 0 saturated carbocycles. The van der Waals surface area contributed by atoms with Crippen molar-refractivity contribution < 1.29 is 19.4 Å². The molecule has 0 unspecified atom stereocenters. The highest BCUT2D eigenvalue weighted by Crippen LogP contribution is 2.14. The summed E-state index contributed by atoms with van der Waals surface area (Å²) in [4.78, 5) is 22.4. The van der Waals surface area contributed by atoms with E-state index in [9.17, 15) is 9.59 Å². The summed E-state index contributed by atoms with van der Waals surface area (Å²) in [5.74, 6) is -0.553. The van der Waals surface area contributed by atoms with Crippen molar-refractivity contribution in [1.29, 1.82) is 0 Å². The van der Waals surface area contributed by atoms with Crippen molar-refractivity contribution in [2.75, 3.05) is 13.7 Å². The summed E-state index contributed by atoms with van der Waals surface area (Å²) in [7, 11) is 1.34. The van der Waals surface area contributed by atoms with E-state index in [-0.39, 0.29) is 30.4 Å². The predicted molar refractivity (Wildman–Crippen MR) is 44.9 cm³/mol. The smallest absolute Gasteiger partial charge is 0.220 e. The van der Waals surface area contributed by atoms with Gasteiger partial charge >= 0.3 is 0 Å². The fraction of sp³-hybridized carbons (Fsp3) is 0.333. The average molecular weight is 182 g/mol. The lowest BCUT2D eigenvalue weighted by Crippen LogP contribution is -2.14. The highest BCUT2D eigenvalue weighted by molar-refractivity contribution is 6.19. The molecule has 4 nitrogen and oxygen atoms in total. The summed E-state index contributed by atoms with van der Waals surface area (Å²) in [5, 5.41) is 8.59. The summed E-state index contributed by atoms with van der Waals surface area (Å²) >= 11 is 0. The molecule has 0 amide bonds. The second kappa shape index (κ2) is 4.00. The van der Waals surface area contributed by atoms with E-state index in [0.29, 0.717) is 5.57 Å². The van der Waals surface area contributed by atoms with Crippen molar-refractivity contribution in [1.82, 2.24) is 0 Å². The number of carbonyl (C=O) groups is 2. The molecule has 0 saturated heterocycles. The number of ketones is 2. The summed E-state index contributed by atoms with van der Waals surface area (Å²) in [6.45, 7) is -0.138. The standard InChI is InChI=1S/C9H10O4/c1-13-9-5-7(11)6(2-3-10)4-8(9)12/h4-5,10H,2-3H2,1H3. The lowest BCUT2D eigenvalue weighted by molar-refractivity contribution is -0.117. The highest BCUT2D eigenvalue weighted by Gasteiger charge is 2.19. The first-order chi connectivity index (χ1) is 6.19. The first-order valence-corrected chi connectivity index (χ1v) is 3.85. The lowest BCUT2D eigenvalue weighted by atomic mass is 10.00. The summed E-state index contributed by atoms with van der Waals surface area (Å²) in [6.07, 6.45) is 2.56. The van der Waals surface area contributed by atoms with Gasteiger partial charge in [-0.2, -0.15) is 0 Å². The van der Waals surface area contributed by atoms with Gasteiger partial charge < -0.3 is 9.84 Å². The fourth-order valence-electron chi connectivity index (χ4n) is 1.06. The van der Waals surface area contributed by atoms with E-state index in [0.717, 1.165) is 6.08 Å². The molecule has 1 N–H and O–H groups in total. The van der Waals surface area contributed by atoms with Crippen LogP contribution in [0.15, 0.2) is 23.5 Å². The lowest BCUT2D eigenvalue weighted by Gasteiger charge is -2.09. The van der Waals surface area contributed by atoms with Gasteiger partial charge in [-0.1, -0.05) is 0 Å². The van der Waals surface area contributed by atoms with Crippen LogP contribution in [0.5, 0.6) is 0 Å². The average Bonchev–Trinajstić information content (AvgIpc) is 2.11. The number of methoxy groups -OCH3 is 1. The molecule has 0 bridgehead atoms. The Morgan fingerprint density at radius 1 is 1.31 bits per heavy atom. The van der Waals surface area contributed by atoms with Crippen molar-refractivity contribution in [2.45, 2.75) is 6.42 Å². The zero-order valence-electron chi connectivity index (χ0n) is 7.24. The van der Waals surface area contributed by atoms with Crippen LogP contribution in [0, 0.1) is 0 Å². The summed E-state index contributed by atoms with van der Waals surface area (Å²) in [5.41, 5.74) is 0.327. The Bertz CT molecular complexity index is 299. The van der Waals surface area contributed by atoms with Crippen molar-refractivity contribution in [2.24, 2.45) is 0 Å². The van der Waals surface area contributed by atoms with Gasteiger partial charge in [0.25, 0.3) is 0 Å². The van der Waals surface area contributed by atoms with Gasteiger partial charge in [0, 0.05) is 18.3 Å². The van der Waals surface area contributed by atoms with Crippen molar-refractivity contribution >= 4 is 11.6 Å². The van der Waals surface area contributed by atoms with Crippen molar-refractivity contribution in [3.63, 3.8) is 0 Å². The number of carbonyl (C=O) groups excluding carboxylic acids is 2. The van der Waals surface area contributed by atoms with Crippen LogP contribution in [0.3, 0.4) is 0 Å². The number of allylic oxidation sites excluding steroid dienone is 2. The second-order valence-electron chi connectivity index (χ2n) is 2.58. The van der Waals surface area contributed by atoms with E-state index in [1.807, 2.05) is 0 Å².